The maximum atomic E-state index is 14.3. The van der Waals surface area contributed by atoms with Gasteiger partial charge in [-0.2, -0.15) is 0 Å². The molecule has 9 heteroatoms. The fourth-order valence-electron chi connectivity index (χ4n) is 2.89. The molecule has 0 bridgehead atoms. The fourth-order valence-corrected chi connectivity index (χ4v) is 3.62. The summed E-state index contributed by atoms with van der Waals surface area (Å²) < 4.78 is 19.9. The summed E-state index contributed by atoms with van der Waals surface area (Å²) in [6.07, 6.45) is 0.496. The number of rotatable bonds is 7. The molecule has 0 unspecified atom stereocenters. The summed E-state index contributed by atoms with van der Waals surface area (Å²) in [6.45, 7) is 4.51. The Balaban J connectivity index is 1.61. The number of anilines is 2. The predicted molar refractivity (Wildman–Crippen MR) is 112 cm³/mol. The summed E-state index contributed by atoms with van der Waals surface area (Å²) in [5.74, 6) is -0.0691. The van der Waals surface area contributed by atoms with E-state index in [9.17, 15) is 18.8 Å². The number of nitrogens with zero attached hydrogens (tertiary/aromatic N) is 1. The minimum absolute atomic E-state index is 0.0837. The highest BCUT2D eigenvalue weighted by molar-refractivity contribution is 7.14. The summed E-state index contributed by atoms with van der Waals surface area (Å²) in [6, 6.07) is 5.97. The third-order valence-electron chi connectivity index (χ3n) is 4.26. The summed E-state index contributed by atoms with van der Waals surface area (Å²) in [5, 5.41) is 7.19. The largest absolute Gasteiger partial charge is 0.466 e. The monoisotopic (exact) mass is 429 g/mol. The lowest BCUT2D eigenvalue weighted by atomic mass is 10.1. The highest BCUT2D eigenvalue weighted by Gasteiger charge is 2.15. The molecule has 2 aromatic heterocycles. The molecule has 156 valence electrons. The van der Waals surface area contributed by atoms with E-state index in [2.05, 4.69) is 15.6 Å². The first kappa shape index (κ1) is 21.4. The van der Waals surface area contributed by atoms with Gasteiger partial charge in [-0.15, -0.1) is 11.3 Å². The molecule has 0 aliphatic rings. The number of furan rings is 1. The summed E-state index contributed by atoms with van der Waals surface area (Å²) in [7, 11) is 0. The van der Waals surface area contributed by atoms with Crippen LogP contribution in [0.4, 0.5) is 15.2 Å². The van der Waals surface area contributed by atoms with Crippen molar-refractivity contribution in [3.63, 3.8) is 0 Å². The summed E-state index contributed by atoms with van der Waals surface area (Å²) >= 11 is 1.18. The van der Waals surface area contributed by atoms with Gasteiger partial charge in [-0.25, -0.2) is 9.37 Å². The van der Waals surface area contributed by atoms with Crippen LogP contribution in [0.1, 0.15) is 42.1 Å². The zero-order valence-electron chi connectivity index (χ0n) is 16.7. The van der Waals surface area contributed by atoms with Gasteiger partial charge < -0.3 is 15.1 Å². The van der Waals surface area contributed by atoms with E-state index in [0.717, 1.165) is 0 Å². The van der Waals surface area contributed by atoms with E-state index in [1.54, 1.807) is 24.4 Å². The maximum absolute atomic E-state index is 14.3. The fraction of sp³-hybridized carbons (Fsp3) is 0.238. The Labute approximate surface area is 176 Å². The SMILES string of the molecule is CC(=O)Nc1ccc(-c2csc(NC(=O)CCc3cc(C(C)=O)c(C)o3)n2)c(F)c1. The van der Waals surface area contributed by atoms with Crippen LogP contribution in [-0.4, -0.2) is 22.6 Å². The molecule has 0 aliphatic heterocycles. The van der Waals surface area contributed by atoms with Gasteiger partial charge in [-0.1, -0.05) is 0 Å². The van der Waals surface area contributed by atoms with Crippen molar-refractivity contribution < 1.29 is 23.2 Å². The Morgan fingerprint density at radius 2 is 1.93 bits per heavy atom. The molecular weight excluding hydrogens is 409 g/mol. The number of aryl methyl sites for hydroxylation is 2. The number of carbonyl (C=O) groups excluding carboxylic acids is 3. The highest BCUT2D eigenvalue weighted by atomic mass is 32.1. The molecule has 7 nitrogen and oxygen atoms in total. The van der Waals surface area contributed by atoms with Gasteiger partial charge in [0.2, 0.25) is 11.8 Å². The molecule has 3 rings (SSSR count). The lowest BCUT2D eigenvalue weighted by Crippen LogP contribution is -2.12. The Bertz CT molecular complexity index is 1120. The van der Waals surface area contributed by atoms with Crippen LogP contribution in [0.3, 0.4) is 0 Å². The quantitative estimate of drug-likeness (QED) is 0.535. The number of carbonyl (C=O) groups is 3. The van der Waals surface area contributed by atoms with Crippen molar-refractivity contribution in [1.29, 1.82) is 0 Å². The Morgan fingerprint density at radius 1 is 1.17 bits per heavy atom. The molecule has 0 spiro atoms. The number of benzene rings is 1. The number of amides is 2. The van der Waals surface area contributed by atoms with Gasteiger partial charge in [0.15, 0.2) is 10.9 Å². The zero-order chi connectivity index (χ0) is 21.8. The molecular formula is C21H20FN3O4S. The summed E-state index contributed by atoms with van der Waals surface area (Å²) in [4.78, 5) is 39.0. The van der Waals surface area contributed by atoms with Gasteiger partial charge >= 0.3 is 0 Å². The van der Waals surface area contributed by atoms with Gasteiger partial charge in [0.05, 0.1) is 11.3 Å². The second-order valence-corrected chi connectivity index (χ2v) is 7.56. The number of aromatic nitrogens is 1. The van der Waals surface area contributed by atoms with Gasteiger partial charge in [0.1, 0.15) is 17.3 Å². The molecule has 0 fully saturated rings. The highest BCUT2D eigenvalue weighted by Crippen LogP contribution is 2.29. The van der Waals surface area contributed by atoms with Crippen molar-refractivity contribution in [2.75, 3.05) is 10.6 Å². The Morgan fingerprint density at radius 3 is 2.57 bits per heavy atom. The average molecular weight is 429 g/mol. The zero-order valence-corrected chi connectivity index (χ0v) is 17.5. The number of thiazole rings is 1. The lowest BCUT2D eigenvalue weighted by molar-refractivity contribution is -0.116. The number of halogens is 1. The molecule has 0 saturated carbocycles. The van der Waals surface area contributed by atoms with Gasteiger partial charge in [0, 0.05) is 36.4 Å². The second-order valence-electron chi connectivity index (χ2n) is 6.70. The molecule has 0 radical (unpaired) electrons. The number of hydrogen-bond donors (Lipinski definition) is 2. The second kappa shape index (κ2) is 9.00. The van der Waals surface area contributed by atoms with Gasteiger partial charge in [-0.05, 0) is 38.1 Å². The molecule has 0 atom stereocenters. The Kier molecular flexibility index (Phi) is 6.41. The molecule has 2 N–H and O–H groups in total. The molecule has 30 heavy (non-hydrogen) atoms. The third-order valence-corrected chi connectivity index (χ3v) is 5.02. The third kappa shape index (κ3) is 5.18. The van der Waals surface area contributed by atoms with Crippen molar-refractivity contribution in [2.24, 2.45) is 0 Å². The molecule has 3 aromatic rings. The van der Waals surface area contributed by atoms with Crippen molar-refractivity contribution in [1.82, 2.24) is 4.98 Å². The summed E-state index contributed by atoms with van der Waals surface area (Å²) in [5.41, 5.74) is 1.52. The van der Waals surface area contributed by atoms with E-state index in [-0.39, 0.29) is 29.6 Å². The standard InChI is InChI=1S/C21H20FN3O4S/c1-11(26)17-9-15(29-12(17)2)5-7-20(28)25-21-24-19(10-30-21)16-6-4-14(8-18(16)22)23-13(3)27/h4,6,8-10H,5,7H2,1-3H3,(H,23,27)(H,24,25,28). The molecule has 0 saturated heterocycles. The maximum Gasteiger partial charge on any atom is 0.226 e. The first-order chi connectivity index (χ1) is 14.2. The van der Waals surface area contributed by atoms with Crippen molar-refractivity contribution in [3.8, 4) is 11.3 Å². The van der Waals surface area contributed by atoms with Crippen LogP contribution in [0, 0.1) is 12.7 Å². The van der Waals surface area contributed by atoms with Crippen LogP contribution in [0.25, 0.3) is 11.3 Å². The molecule has 1 aromatic carbocycles. The molecule has 2 amide bonds. The van der Waals surface area contributed by atoms with E-state index < -0.39 is 5.82 Å². The minimum Gasteiger partial charge on any atom is -0.466 e. The number of nitrogens with one attached hydrogen (secondary N) is 2. The normalized spacial score (nSPS) is 10.7. The van der Waals surface area contributed by atoms with Crippen LogP contribution >= 0.6 is 11.3 Å². The van der Waals surface area contributed by atoms with Crippen LogP contribution in [0.15, 0.2) is 34.1 Å². The van der Waals surface area contributed by atoms with Crippen LogP contribution < -0.4 is 10.6 Å². The number of ketones is 1. The van der Waals surface area contributed by atoms with E-state index in [4.69, 9.17) is 4.42 Å². The average Bonchev–Trinajstić information content (AvgIpc) is 3.26. The van der Waals surface area contributed by atoms with E-state index in [0.29, 0.717) is 40.0 Å². The van der Waals surface area contributed by atoms with Crippen molar-refractivity contribution >= 4 is 39.8 Å². The van der Waals surface area contributed by atoms with Crippen molar-refractivity contribution in [3.05, 3.63) is 52.5 Å². The molecule has 2 heterocycles. The van der Waals surface area contributed by atoms with Gasteiger partial charge in [0.25, 0.3) is 0 Å². The topological polar surface area (TPSA) is 101 Å². The Hall–Kier alpha value is -3.33. The van der Waals surface area contributed by atoms with E-state index >= 15 is 0 Å². The number of hydrogen-bond acceptors (Lipinski definition) is 6. The predicted octanol–water partition coefficient (Wildman–Crippen LogP) is 4.58. The number of Topliss-reactive ketones (excluding diaryl/α,β-unsaturated/α-hetero) is 1. The van der Waals surface area contributed by atoms with Crippen LogP contribution in [0.5, 0.6) is 0 Å². The van der Waals surface area contributed by atoms with E-state index in [1.807, 2.05) is 0 Å². The lowest BCUT2D eigenvalue weighted by Gasteiger charge is -2.05. The first-order valence-corrected chi connectivity index (χ1v) is 10.0. The molecule has 0 aliphatic carbocycles. The van der Waals surface area contributed by atoms with Crippen molar-refractivity contribution in [2.45, 2.75) is 33.6 Å². The van der Waals surface area contributed by atoms with E-state index in [1.165, 1.54) is 37.3 Å². The van der Waals surface area contributed by atoms with Crippen LogP contribution in [0.2, 0.25) is 0 Å². The van der Waals surface area contributed by atoms with Crippen LogP contribution in [-0.2, 0) is 16.0 Å². The smallest absolute Gasteiger partial charge is 0.226 e. The van der Waals surface area contributed by atoms with Gasteiger partial charge in [-0.3, -0.25) is 14.4 Å². The first-order valence-electron chi connectivity index (χ1n) is 9.16. The minimum atomic E-state index is -0.529.